The minimum absolute atomic E-state index is 0.386. The van der Waals surface area contributed by atoms with Gasteiger partial charge in [-0.1, -0.05) is 6.92 Å². The van der Waals surface area contributed by atoms with Crippen LogP contribution in [0, 0.1) is 0 Å². The zero-order valence-corrected chi connectivity index (χ0v) is 10.7. The highest BCUT2D eigenvalue weighted by atomic mass is 16.5. The highest BCUT2D eigenvalue weighted by Crippen LogP contribution is 1.99. The Bertz CT molecular complexity index is 302. The Hall–Kier alpha value is -0.910. The number of rotatable bonds is 9. The lowest BCUT2D eigenvalue weighted by molar-refractivity contribution is 0.0593. The van der Waals surface area contributed by atoms with Crippen LogP contribution in [0.15, 0.2) is 12.4 Å². The number of methoxy groups -OCH3 is 1. The van der Waals surface area contributed by atoms with Gasteiger partial charge in [0, 0.05) is 26.0 Å². The lowest BCUT2D eigenvalue weighted by Crippen LogP contribution is -2.24. The number of hydrogen-bond acceptors (Lipinski definition) is 4. The van der Waals surface area contributed by atoms with E-state index >= 15 is 0 Å². The van der Waals surface area contributed by atoms with E-state index < -0.39 is 0 Å². The summed E-state index contributed by atoms with van der Waals surface area (Å²) in [6.07, 6.45) is 5.24. The van der Waals surface area contributed by atoms with Crippen molar-refractivity contribution in [2.24, 2.45) is 0 Å². The van der Waals surface area contributed by atoms with Gasteiger partial charge in [-0.3, -0.25) is 0 Å². The molecule has 5 heteroatoms. The Morgan fingerprint density at radius 1 is 1.59 bits per heavy atom. The summed E-state index contributed by atoms with van der Waals surface area (Å²) in [5, 5.41) is 12.7. The second-order valence-electron chi connectivity index (χ2n) is 4.11. The van der Waals surface area contributed by atoms with Crippen molar-refractivity contribution in [3.8, 4) is 0 Å². The number of ether oxygens (including phenoxy) is 1. The van der Waals surface area contributed by atoms with Crippen LogP contribution in [0.5, 0.6) is 0 Å². The molecule has 1 atom stereocenters. The molecule has 0 aromatic carbocycles. The van der Waals surface area contributed by atoms with Crippen molar-refractivity contribution in [3.05, 3.63) is 18.2 Å². The molecule has 1 aromatic heterocycles. The average molecular weight is 241 g/mol. The van der Waals surface area contributed by atoms with Gasteiger partial charge in [0.15, 0.2) is 0 Å². The summed E-state index contributed by atoms with van der Waals surface area (Å²) in [5.74, 6) is 1.05. The summed E-state index contributed by atoms with van der Waals surface area (Å²) in [6, 6.07) is 0. The minimum Gasteiger partial charge on any atom is -0.391 e. The Kier molecular flexibility index (Phi) is 6.84. The minimum atomic E-state index is -0.386. The molecule has 1 unspecified atom stereocenters. The van der Waals surface area contributed by atoms with Crippen LogP contribution in [0.25, 0.3) is 0 Å². The second kappa shape index (κ2) is 8.22. The Balaban J connectivity index is 2.19. The molecule has 0 aliphatic carbocycles. The van der Waals surface area contributed by atoms with E-state index in [1.807, 2.05) is 12.4 Å². The number of imidazole rings is 1. The maximum atomic E-state index is 9.46. The maximum absolute atomic E-state index is 9.46. The van der Waals surface area contributed by atoms with E-state index in [9.17, 15) is 5.11 Å². The fraction of sp³-hybridized carbons (Fsp3) is 0.750. The largest absolute Gasteiger partial charge is 0.391 e. The Morgan fingerprint density at radius 3 is 3.12 bits per heavy atom. The third-order valence-corrected chi connectivity index (χ3v) is 2.56. The van der Waals surface area contributed by atoms with Crippen molar-refractivity contribution in [2.45, 2.75) is 39.0 Å². The molecule has 2 N–H and O–H groups in total. The van der Waals surface area contributed by atoms with Crippen molar-refractivity contribution in [3.63, 3.8) is 0 Å². The van der Waals surface area contributed by atoms with Crippen LogP contribution in [-0.4, -0.2) is 41.0 Å². The van der Waals surface area contributed by atoms with E-state index in [1.165, 1.54) is 0 Å². The highest BCUT2D eigenvalue weighted by Gasteiger charge is 2.04. The smallest absolute Gasteiger partial charge is 0.122 e. The molecule has 0 saturated heterocycles. The molecule has 0 spiro atoms. The van der Waals surface area contributed by atoms with E-state index in [4.69, 9.17) is 4.74 Å². The van der Waals surface area contributed by atoms with Gasteiger partial charge in [-0.15, -0.1) is 0 Å². The normalized spacial score (nSPS) is 12.9. The predicted octanol–water partition coefficient (Wildman–Crippen LogP) is 0.780. The van der Waals surface area contributed by atoms with Crippen molar-refractivity contribution in [2.75, 3.05) is 20.3 Å². The summed E-state index contributed by atoms with van der Waals surface area (Å²) in [7, 11) is 1.60. The molecule has 5 nitrogen and oxygen atoms in total. The van der Waals surface area contributed by atoms with Gasteiger partial charge in [-0.25, -0.2) is 4.98 Å². The fourth-order valence-corrected chi connectivity index (χ4v) is 1.70. The van der Waals surface area contributed by atoms with E-state index in [1.54, 1.807) is 7.11 Å². The quantitative estimate of drug-likeness (QED) is 0.627. The highest BCUT2D eigenvalue weighted by molar-refractivity contribution is 4.91. The van der Waals surface area contributed by atoms with Gasteiger partial charge in [0.1, 0.15) is 5.82 Å². The number of aromatic nitrogens is 2. The Labute approximate surface area is 103 Å². The van der Waals surface area contributed by atoms with Gasteiger partial charge < -0.3 is 19.7 Å². The van der Waals surface area contributed by atoms with E-state index in [2.05, 4.69) is 21.8 Å². The van der Waals surface area contributed by atoms with Crippen LogP contribution >= 0.6 is 0 Å². The Morgan fingerprint density at radius 2 is 2.41 bits per heavy atom. The topological polar surface area (TPSA) is 59.3 Å². The molecule has 17 heavy (non-hydrogen) atoms. The molecule has 0 fully saturated rings. The summed E-state index contributed by atoms with van der Waals surface area (Å²) >= 11 is 0. The average Bonchev–Trinajstić information content (AvgIpc) is 2.73. The van der Waals surface area contributed by atoms with Gasteiger partial charge in [-0.2, -0.15) is 0 Å². The fourth-order valence-electron chi connectivity index (χ4n) is 1.70. The summed E-state index contributed by atoms with van der Waals surface area (Å²) in [5.41, 5.74) is 0. The summed E-state index contributed by atoms with van der Waals surface area (Å²) in [6.45, 7) is 5.06. The number of hydrogen-bond donors (Lipinski definition) is 2. The molecule has 0 saturated carbocycles. The van der Waals surface area contributed by atoms with Gasteiger partial charge in [-0.05, 0) is 19.4 Å². The first-order chi connectivity index (χ1) is 8.27. The zero-order chi connectivity index (χ0) is 12.5. The molecule has 0 aliphatic rings. The van der Waals surface area contributed by atoms with Crippen LogP contribution in [0.4, 0.5) is 0 Å². The molecule has 0 aliphatic heterocycles. The monoisotopic (exact) mass is 241 g/mol. The van der Waals surface area contributed by atoms with E-state index in [0.717, 1.165) is 31.9 Å². The van der Waals surface area contributed by atoms with Crippen molar-refractivity contribution in [1.82, 2.24) is 14.9 Å². The maximum Gasteiger partial charge on any atom is 0.122 e. The number of aryl methyl sites for hydroxylation is 1. The molecule has 98 valence electrons. The van der Waals surface area contributed by atoms with Crippen LogP contribution in [0.2, 0.25) is 0 Å². The molecule has 1 aromatic rings. The van der Waals surface area contributed by atoms with Crippen LogP contribution < -0.4 is 5.32 Å². The first-order valence-corrected chi connectivity index (χ1v) is 6.15. The van der Waals surface area contributed by atoms with Gasteiger partial charge >= 0.3 is 0 Å². The first-order valence-electron chi connectivity index (χ1n) is 6.15. The standard InChI is InChI=1S/C12H23N3O2/c1-3-7-15-8-6-14-12(15)9-13-5-4-11(16)10-17-2/h6,8,11,13,16H,3-5,7,9-10H2,1-2H3. The van der Waals surface area contributed by atoms with E-state index in [0.29, 0.717) is 13.0 Å². The number of nitrogens with zero attached hydrogens (tertiary/aromatic N) is 2. The molecular formula is C12H23N3O2. The molecule has 0 radical (unpaired) electrons. The predicted molar refractivity (Wildman–Crippen MR) is 66.7 cm³/mol. The second-order valence-corrected chi connectivity index (χ2v) is 4.11. The van der Waals surface area contributed by atoms with Gasteiger partial charge in [0.2, 0.25) is 0 Å². The van der Waals surface area contributed by atoms with Gasteiger partial charge in [0.25, 0.3) is 0 Å². The lowest BCUT2D eigenvalue weighted by Gasteiger charge is -2.10. The van der Waals surface area contributed by atoms with Crippen molar-refractivity contribution in [1.29, 1.82) is 0 Å². The van der Waals surface area contributed by atoms with Crippen LogP contribution in [0.3, 0.4) is 0 Å². The number of nitrogens with one attached hydrogen (secondary N) is 1. The summed E-state index contributed by atoms with van der Waals surface area (Å²) < 4.78 is 7.01. The zero-order valence-electron chi connectivity index (χ0n) is 10.7. The third kappa shape index (κ3) is 5.30. The summed E-state index contributed by atoms with van der Waals surface area (Å²) in [4.78, 5) is 4.30. The molecule has 0 amide bonds. The van der Waals surface area contributed by atoms with Crippen molar-refractivity contribution < 1.29 is 9.84 Å². The third-order valence-electron chi connectivity index (χ3n) is 2.56. The van der Waals surface area contributed by atoms with E-state index in [-0.39, 0.29) is 6.10 Å². The lowest BCUT2D eigenvalue weighted by atomic mass is 10.2. The van der Waals surface area contributed by atoms with Gasteiger partial charge in [0.05, 0.1) is 19.3 Å². The SMILES string of the molecule is CCCn1ccnc1CNCCC(O)COC. The number of aliphatic hydroxyl groups excluding tert-OH is 1. The van der Waals surface area contributed by atoms with Crippen molar-refractivity contribution >= 4 is 0 Å². The molecule has 1 heterocycles. The molecular weight excluding hydrogens is 218 g/mol. The molecule has 1 rings (SSSR count). The number of aliphatic hydroxyl groups is 1. The van der Waals surface area contributed by atoms with Crippen LogP contribution in [0.1, 0.15) is 25.6 Å². The molecule has 0 bridgehead atoms. The first kappa shape index (κ1) is 14.2. The van der Waals surface area contributed by atoms with Crippen LogP contribution in [-0.2, 0) is 17.8 Å².